The van der Waals surface area contributed by atoms with E-state index in [0.29, 0.717) is 24.7 Å². The molecule has 1 atom stereocenters. The maximum Gasteiger partial charge on any atom is 0.161 e. The third-order valence-corrected chi connectivity index (χ3v) is 3.84. The fraction of sp³-hybridized carbons (Fsp3) is 0.368. The SMILES string of the molecule is CC[C@@H](CO)NCc1ccc(OCc2ccc(F)cc2)c(OC)c1. The van der Waals surface area contributed by atoms with Gasteiger partial charge in [-0.3, -0.25) is 0 Å². The number of hydrogen-bond donors (Lipinski definition) is 2. The van der Waals surface area contributed by atoms with Crippen LogP contribution >= 0.6 is 0 Å². The van der Waals surface area contributed by atoms with Crippen LogP contribution in [0.25, 0.3) is 0 Å². The van der Waals surface area contributed by atoms with Crippen LogP contribution in [-0.2, 0) is 13.2 Å². The molecule has 0 aromatic heterocycles. The van der Waals surface area contributed by atoms with E-state index in [0.717, 1.165) is 17.5 Å². The van der Waals surface area contributed by atoms with Gasteiger partial charge in [-0.25, -0.2) is 4.39 Å². The average molecular weight is 333 g/mol. The standard InChI is InChI=1S/C19H24FNO3/c1-3-17(12-22)21-11-15-6-9-18(19(10-15)23-2)24-13-14-4-7-16(20)8-5-14/h4-10,17,21-22H,3,11-13H2,1-2H3/t17-/m0/s1. The van der Waals surface area contributed by atoms with Crippen LogP contribution in [0.1, 0.15) is 24.5 Å². The summed E-state index contributed by atoms with van der Waals surface area (Å²) >= 11 is 0. The summed E-state index contributed by atoms with van der Waals surface area (Å²) in [5.74, 6) is 1.02. The number of ether oxygens (including phenoxy) is 2. The van der Waals surface area contributed by atoms with Crippen LogP contribution in [0.4, 0.5) is 4.39 Å². The zero-order chi connectivity index (χ0) is 17.4. The number of rotatable bonds is 9. The molecule has 0 unspecified atom stereocenters. The number of methoxy groups -OCH3 is 1. The molecule has 0 heterocycles. The predicted molar refractivity (Wildman–Crippen MR) is 91.7 cm³/mol. The van der Waals surface area contributed by atoms with Crippen LogP contribution < -0.4 is 14.8 Å². The van der Waals surface area contributed by atoms with Crippen molar-refractivity contribution in [3.05, 3.63) is 59.4 Å². The zero-order valence-electron chi connectivity index (χ0n) is 14.1. The summed E-state index contributed by atoms with van der Waals surface area (Å²) < 4.78 is 24.1. The molecule has 0 saturated heterocycles. The number of nitrogens with one attached hydrogen (secondary N) is 1. The van der Waals surface area contributed by atoms with E-state index in [9.17, 15) is 9.50 Å². The minimum atomic E-state index is -0.263. The number of aliphatic hydroxyl groups is 1. The highest BCUT2D eigenvalue weighted by molar-refractivity contribution is 5.43. The lowest BCUT2D eigenvalue weighted by atomic mass is 10.1. The summed E-state index contributed by atoms with van der Waals surface area (Å²) in [6, 6.07) is 12.0. The summed E-state index contributed by atoms with van der Waals surface area (Å²) in [6.07, 6.45) is 0.868. The lowest BCUT2D eigenvalue weighted by Crippen LogP contribution is -2.31. The van der Waals surface area contributed by atoms with Crippen LogP contribution in [0, 0.1) is 5.82 Å². The van der Waals surface area contributed by atoms with Crippen LogP contribution in [0.3, 0.4) is 0 Å². The molecular weight excluding hydrogens is 309 g/mol. The van der Waals surface area contributed by atoms with Gasteiger partial charge in [0.05, 0.1) is 13.7 Å². The lowest BCUT2D eigenvalue weighted by Gasteiger charge is -2.16. The van der Waals surface area contributed by atoms with E-state index in [1.165, 1.54) is 12.1 Å². The Hall–Kier alpha value is -2.11. The van der Waals surface area contributed by atoms with E-state index in [1.54, 1.807) is 19.2 Å². The Morgan fingerprint density at radius 2 is 1.79 bits per heavy atom. The Kier molecular flexibility index (Phi) is 7.03. The Bertz CT molecular complexity index is 627. The van der Waals surface area contributed by atoms with Crippen molar-refractivity contribution < 1.29 is 19.0 Å². The summed E-state index contributed by atoms with van der Waals surface area (Å²) in [5, 5.41) is 12.5. The summed E-state index contributed by atoms with van der Waals surface area (Å²) in [5.41, 5.74) is 1.94. The van der Waals surface area contributed by atoms with E-state index in [2.05, 4.69) is 5.32 Å². The molecule has 2 rings (SSSR count). The first-order chi connectivity index (χ1) is 11.7. The van der Waals surface area contributed by atoms with Crippen LogP contribution in [-0.4, -0.2) is 24.9 Å². The third kappa shape index (κ3) is 5.22. The van der Waals surface area contributed by atoms with Gasteiger partial charge in [-0.2, -0.15) is 0 Å². The first-order valence-electron chi connectivity index (χ1n) is 8.04. The van der Waals surface area contributed by atoms with Crippen LogP contribution in [0.2, 0.25) is 0 Å². The highest BCUT2D eigenvalue weighted by Gasteiger charge is 2.08. The minimum Gasteiger partial charge on any atom is -0.493 e. The molecule has 2 aromatic carbocycles. The van der Waals surface area contributed by atoms with Crippen molar-refractivity contribution in [2.24, 2.45) is 0 Å². The van der Waals surface area contributed by atoms with E-state index in [-0.39, 0.29) is 18.5 Å². The van der Waals surface area contributed by atoms with Crippen molar-refractivity contribution in [2.75, 3.05) is 13.7 Å². The fourth-order valence-electron chi connectivity index (χ4n) is 2.28. The maximum atomic E-state index is 12.9. The molecule has 2 aromatic rings. The van der Waals surface area contributed by atoms with Gasteiger partial charge in [0.25, 0.3) is 0 Å². The van der Waals surface area contributed by atoms with Gasteiger partial charge in [0.2, 0.25) is 0 Å². The molecule has 2 N–H and O–H groups in total. The van der Waals surface area contributed by atoms with E-state index >= 15 is 0 Å². The fourth-order valence-corrected chi connectivity index (χ4v) is 2.28. The second-order valence-corrected chi connectivity index (χ2v) is 5.57. The lowest BCUT2D eigenvalue weighted by molar-refractivity contribution is 0.238. The summed E-state index contributed by atoms with van der Waals surface area (Å²) in [6.45, 7) is 3.14. The van der Waals surface area contributed by atoms with E-state index < -0.39 is 0 Å². The van der Waals surface area contributed by atoms with Gasteiger partial charge < -0.3 is 19.9 Å². The van der Waals surface area contributed by atoms with Crippen molar-refractivity contribution in [2.45, 2.75) is 32.5 Å². The Balaban J connectivity index is 1.99. The zero-order valence-corrected chi connectivity index (χ0v) is 14.1. The molecule has 0 radical (unpaired) electrons. The Labute approximate surface area is 142 Å². The monoisotopic (exact) mass is 333 g/mol. The molecule has 5 heteroatoms. The van der Waals surface area contributed by atoms with Crippen molar-refractivity contribution >= 4 is 0 Å². The van der Waals surface area contributed by atoms with Gasteiger partial charge in [-0.05, 0) is 41.8 Å². The van der Waals surface area contributed by atoms with Gasteiger partial charge in [0.15, 0.2) is 11.5 Å². The van der Waals surface area contributed by atoms with E-state index in [4.69, 9.17) is 9.47 Å². The van der Waals surface area contributed by atoms with Gasteiger partial charge in [-0.15, -0.1) is 0 Å². The topological polar surface area (TPSA) is 50.7 Å². The number of benzene rings is 2. The van der Waals surface area contributed by atoms with Crippen molar-refractivity contribution in [3.63, 3.8) is 0 Å². The largest absolute Gasteiger partial charge is 0.493 e. The Morgan fingerprint density at radius 3 is 2.42 bits per heavy atom. The number of halogens is 1. The minimum absolute atomic E-state index is 0.0883. The quantitative estimate of drug-likeness (QED) is 0.739. The smallest absolute Gasteiger partial charge is 0.161 e. The van der Waals surface area contributed by atoms with Gasteiger partial charge >= 0.3 is 0 Å². The molecule has 0 aliphatic carbocycles. The molecule has 0 saturated carbocycles. The first kappa shape index (κ1) is 18.2. The second kappa shape index (κ2) is 9.25. The van der Waals surface area contributed by atoms with Crippen molar-refractivity contribution in [1.82, 2.24) is 5.32 Å². The number of aliphatic hydroxyl groups excluding tert-OH is 1. The Morgan fingerprint density at radius 1 is 1.08 bits per heavy atom. The molecular formula is C19H24FNO3. The molecule has 0 fully saturated rings. The normalized spacial score (nSPS) is 12.0. The maximum absolute atomic E-state index is 12.9. The molecule has 0 aliphatic heterocycles. The molecule has 130 valence electrons. The van der Waals surface area contributed by atoms with Crippen LogP contribution in [0.5, 0.6) is 11.5 Å². The predicted octanol–water partition coefficient (Wildman–Crippen LogP) is 3.27. The average Bonchev–Trinajstić information content (AvgIpc) is 2.62. The molecule has 0 bridgehead atoms. The van der Waals surface area contributed by atoms with E-state index in [1.807, 2.05) is 25.1 Å². The van der Waals surface area contributed by atoms with Gasteiger partial charge in [0, 0.05) is 12.6 Å². The highest BCUT2D eigenvalue weighted by atomic mass is 19.1. The van der Waals surface area contributed by atoms with Crippen molar-refractivity contribution in [1.29, 1.82) is 0 Å². The first-order valence-corrected chi connectivity index (χ1v) is 8.04. The van der Waals surface area contributed by atoms with Gasteiger partial charge in [0.1, 0.15) is 12.4 Å². The number of hydrogen-bond acceptors (Lipinski definition) is 4. The van der Waals surface area contributed by atoms with Crippen LogP contribution in [0.15, 0.2) is 42.5 Å². The second-order valence-electron chi connectivity index (χ2n) is 5.57. The molecule has 0 aliphatic rings. The molecule has 0 spiro atoms. The highest BCUT2D eigenvalue weighted by Crippen LogP contribution is 2.29. The summed E-state index contributed by atoms with van der Waals surface area (Å²) in [4.78, 5) is 0. The van der Waals surface area contributed by atoms with Crippen molar-refractivity contribution in [3.8, 4) is 11.5 Å². The molecule has 24 heavy (non-hydrogen) atoms. The molecule has 4 nitrogen and oxygen atoms in total. The summed E-state index contributed by atoms with van der Waals surface area (Å²) in [7, 11) is 1.60. The van der Waals surface area contributed by atoms with Gasteiger partial charge in [-0.1, -0.05) is 25.1 Å². The third-order valence-electron chi connectivity index (χ3n) is 3.84. The molecule has 0 amide bonds.